The summed E-state index contributed by atoms with van der Waals surface area (Å²) in [7, 11) is 12.1. The van der Waals surface area contributed by atoms with Crippen molar-refractivity contribution in [1.82, 2.24) is 14.7 Å². The van der Waals surface area contributed by atoms with Gasteiger partial charge in [0.25, 0.3) is 0 Å². The second kappa shape index (κ2) is 30.2. The fourth-order valence-electron chi connectivity index (χ4n) is 33.0. The largest absolute Gasteiger partial charge is 1.00 e. The number of benzene rings is 6. The van der Waals surface area contributed by atoms with Crippen molar-refractivity contribution < 1.29 is 186 Å². The number of rotatable bonds is 0. The number of ether oxygens (including phenoxy) is 6. The van der Waals surface area contributed by atoms with Crippen molar-refractivity contribution >= 4 is 34.7 Å². The van der Waals surface area contributed by atoms with Crippen LogP contribution in [-0.2, 0) is 99.8 Å². The van der Waals surface area contributed by atoms with E-state index in [0.29, 0.717) is 118 Å². The highest BCUT2D eigenvalue weighted by molar-refractivity contribution is 6.01. The molecule has 6 saturated heterocycles. The SMILES string of the molecule is CN1CC[C@]23c4c5ccc(O)c4O[C@H]2C(=O)C=C[C@@]3(O)[C@H]1C5.CN1CC[C@]23c4c5ccc(O)c4O[C@H]2C(=O)CC(O)[C@@]3(O)[C@H]1C5.CN1CC[C@]23c4c5ccc(O)c4O[C@H]2C(=O)CC(O)[C@@]3(O)[C@H]1C5.C[NH+]1CC[C@]23c4c5ccc(O)c4O[C@H]2C(=O)C=C[C@@]3(O)[C@H]1C5.C[NH+]1CC[C@]23c4c5ccc(O)c4O[C@H]2C(=O)CC(O)[C@@]3(O)[C@H]1C5.C[NH+]1CC[C@]23c4c5ccc(O)c4O[C@H]2C(=O)CC[C@@]3(O)[C@H]1C5.[Cl-].[Cl-].[Cl-]. The van der Waals surface area contributed by atoms with Gasteiger partial charge in [-0.05, 0) is 180 Å². The van der Waals surface area contributed by atoms with Crippen LogP contribution in [0.25, 0.3) is 0 Å². The van der Waals surface area contributed by atoms with Crippen LogP contribution < -0.4 is 80.3 Å². The van der Waals surface area contributed by atoms with Crippen LogP contribution in [0, 0.1) is 0 Å². The zero-order valence-electron chi connectivity index (χ0n) is 76.7. The van der Waals surface area contributed by atoms with Gasteiger partial charge in [0, 0.05) is 116 Å². The number of ketones is 6. The number of piperidine rings is 6. The molecule has 12 aliphatic heterocycles. The van der Waals surface area contributed by atoms with E-state index >= 15 is 0 Å². The summed E-state index contributed by atoms with van der Waals surface area (Å²) in [5.41, 5.74) is -1.33. The molecule has 36 heteroatoms. The molecule has 6 aromatic carbocycles. The van der Waals surface area contributed by atoms with E-state index < -0.39 is 121 Å². The summed E-state index contributed by atoms with van der Waals surface area (Å²) >= 11 is 0. The number of hydrogen-bond donors (Lipinski definition) is 18. The first-order valence-corrected chi connectivity index (χ1v) is 47.8. The van der Waals surface area contributed by atoms with Crippen molar-refractivity contribution in [2.75, 3.05) is 81.6 Å². The number of aliphatic hydroxyl groups excluding tert-OH is 3. The summed E-state index contributed by atoms with van der Waals surface area (Å²) < 4.78 is 35.4. The van der Waals surface area contributed by atoms with Crippen LogP contribution in [0.15, 0.2) is 97.1 Å². The number of phenolic OH excluding ortho intramolecular Hbond substituents is 6. The minimum absolute atomic E-state index is 0. The standard InChI is InChI=1S/3C17H19NO5.C17H19NO4.2C17H17NO4.3ClH/c3*1-18-5-4-16-13-8-2-3-9(19)14(13)23-15(16)10(20)7-12(21)17(16,22)11(18)6-8;3*1-18-7-6-16-13-9-2-3-10(19)14(13)22-15(16)11(20)4-5-17(16,21)12(18)8-9;;;/h3*2-3,11-12,15,19,21-22H,4-7H2,1H3;2-3,12,15,19,21H,4-8H2,1H3;2*2-5,12,15,19,21H,6-8H2,1H3;3*1H/t3*11-,12?,15+,16+,17+;3*12-,15+,16+,17-;;;/m111111.../s1. The predicted molar refractivity (Wildman–Crippen MR) is 470 cm³/mol. The van der Waals surface area contributed by atoms with Crippen LogP contribution in [0.1, 0.15) is 137 Å². The van der Waals surface area contributed by atoms with Crippen molar-refractivity contribution in [3.05, 3.63) is 164 Å². The van der Waals surface area contributed by atoms with E-state index in [1.54, 1.807) is 48.6 Å². The highest BCUT2D eigenvalue weighted by Crippen LogP contribution is 2.72. The molecule has 0 amide bonds. The number of nitrogens with zero attached hydrogens (tertiary/aromatic N) is 3. The molecule has 0 radical (unpaired) electrons. The average Bonchev–Trinajstić information content (AvgIpc) is 1.58. The van der Waals surface area contributed by atoms with Gasteiger partial charge in [0.15, 0.2) is 146 Å². The van der Waals surface area contributed by atoms with E-state index in [9.17, 15) is 105 Å². The van der Waals surface area contributed by atoms with Crippen molar-refractivity contribution in [2.24, 2.45) is 0 Å². The minimum atomic E-state index is -1.44. The number of carbonyl (C=O) groups is 6. The van der Waals surface area contributed by atoms with E-state index in [1.807, 2.05) is 64.6 Å². The first-order chi connectivity index (χ1) is 64.2. The van der Waals surface area contributed by atoms with Crippen LogP contribution in [0.4, 0.5) is 0 Å². The number of phenols is 6. The Morgan fingerprint density at radius 3 is 1.01 bits per heavy atom. The number of quaternary nitrogens is 3. The third-order valence-corrected chi connectivity index (χ3v) is 39.0. The molecule has 6 unspecified atom stereocenters. The molecule has 6 spiro atoms. The number of carbonyl (C=O) groups excluding carboxylic acids is 6. The highest BCUT2D eigenvalue weighted by Gasteiger charge is 2.83. The fraction of sp³-hybridized carbons (Fsp3) is 0.549. The molecule has 12 heterocycles. The van der Waals surface area contributed by atoms with Gasteiger partial charge in [-0.25, -0.2) is 0 Å². The number of aliphatic hydroxyl groups is 9. The Bertz CT molecular complexity index is 6000. The molecule has 10 fully saturated rings. The molecule has 138 heavy (non-hydrogen) atoms. The monoisotopic (exact) mass is 1960 g/mol. The second-order valence-electron chi connectivity index (χ2n) is 43.7. The summed E-state index contributed by atoms with van der Waals surface area (Å²) in [5.74, 6) is 1.59. The van der Waals surface area contributed by atoms with Crippen molar-refractivity contribution in [2.45, 2.75) is 266 Å². The Morgan fingerprint density at radius 1 is 0.312 bits per heavy atom. The first kappa shape index (κ1) is 93.6. The topological polar surface area (TPSA) is 484 Å². The molecule has 33 nitrogen and oxygen atoms in total. The molecule has 30 rings (SSSR count). The van der Waals surface area contributed by atoms with Gasteiger partial charge in [-0.2, -0.15) is 0 Å². The smallest absolute Gasteiger partial charge is 0.197 e. The van der Waals surface area contributed by atoms with Gasteiger partial charge in [-0.15, -0.1) is 0 Å². The third-order valence-electron chi connectivity index (χ3n) is 39.0. The van der Waals surface area contributed by atoms with E-state index in [1.165, 1.54) is 22.0 Å². The number of aromatic hydroxyl groups is 6. The van der Waals surface area contributed by atoms with Crippen LogP contribution >= 0.6 is 0 Å². The van der Waals surface area contributed by atoms with E-state index in [2.05, 4.69) is 28.8 Å². The average molecular weight is 1960 g/mol. The Labute approximate surface area is 811 Å². The maximum absolute atomic E-state index is 12.6. The van der Waals surface area contributed by atoms with Crippen LogP contribution in [0.3, 0.4) is 0 Å². The van der Waals surface area contributed by atoms with Gasteiger partial charge in [0.2, 0.25) is 0 Å². The van der Waals surface area contributed by atoms with Gasteiger partial charge in [0.1, 0.15) is 46.1 Å². The van der Waals surface area contributed by atoms with Gasteiger partial charge in [-0.1, -0.05) is 36.4 Å². The van der Waals surface area contributed by atoms with Crippen molar-refractivity contribution in [3.8, 4) is 69.0 Å². The predicted octanol–water partition coefficient (Wildman–Crippen LogP) is -12.3. The Balaban J connectivity index is 0.0000000952. The van der Waals surface area contributed by atoms with Gasteiger partial charge < -0.3 is 167 Å². The van der Waals surface area contributed by atoms with E-state index in [-0.39, 0.29) is 162 Å². The summed E-state index contributed by atoms with van der Waals surface area (Å²) in [4.78, 5) is 85.2. The minimum Gasteiger partial charge on any atom is -1.00 e. The van der Waals surface area contributed by atoms with Crippen LogP contribution in [-0.4, -0.2) is 332 Å². The summed E-state index contributed by atoms with van der Waals surface area (Å²) in [6, 6.07) is 20.3. The summed E-state index contributed by atoms with van der Waals surface area (Å²) in [6.07, 6.45) is 6.47. The zero-order valence-corrected chi connectivity index (χ0v) is 79.0. The van der Waals surface area contributed by atoms with Gasteiger partial charge in [0.05, 0.1) is 91.6 Å². The fourth-order valence-corrected chi connectivity index (χ4v) is 33.0. The number of hydrogen-bond acceptors (Lipinski definition) is 30. The Hall–Kier alpha value is -9.31. The second-order valence-corrected chi connectivity index (χ2v) is 43.7. The number of likely N-dealkylation sites (N-methyl/N-ethyl adjacent to an activating group) is 6. The molecule has 734 valence electrons. The molecule has 4 saturated carbocycles. The first-order valence-electron chi connectivity index (χ1n) is 47.8. The van der Waals surface area contributed by atoms with Crippen LogP contribution in [0.2, 0.25) is 0 Å². The number of Topliss-reactive ketones (excluding diaryl/α,β-unsaturated/α-hetero) is 4. The lowest BCUT2D eigenvalue weighted by Gasteiger charge is -2.63. The van der Waals surface area contributed by atoms with E-state index in [0.717, 1.165) is 117 Å². The molecule has 12 aliphatic carbocycles. The molecular formula is C102H113Cl3N6O27. The van der Waals surface area contributed by atoms with Crippen molar-refractivity contribution in [3.63, 3.8) is 0 Å². The molecule has 30 atom stereocenters. The van der Waals surface area contributed by atoms with Crippen molar-refractivity contribution in [1.29, 1.82) is 0 Å². The third kappa shape index (κ3) is 10.6. The summed E-state index contributed by atoms with van der Waals surface area (Å²) in [6.45, 7) is 4.80. The van der Waals surface area contributed by atoms with Gasteiger partial charge in [-0.3, -0.25) is 33.7 Å². The molecular weight excluding hydrogens is 1850 g/mol. The van der Waals surface area contributed by atoms with E-state index in [4.69, 9.17) is 28.4 Å². The molecule has 18 N–H and O–H groups in total. The molecule has 6 aromatic rings. The Kier molecular flexibility index (Phi) is 20.5. The maximum atomic E-state index is 12.6. The maximum Gasteiger partial charge on any atom is 0.197 e. The van der Waals surface area contributed by atoms with Gasteiger partial charge >= 0.3 is 0 Å². The molecule has 12 bridgehead atoms. The lowest BCUT2D eigenvalue weighted by molar-refractivity contribution is -0.924. The molecule has 0 aromatic heterocycles. The lowest BCUT2D eigenvalue weighted by atomic mass is 9.48. The quantitative estimate of drug-likeness (QED) is 0.0671. The highest BCUT2D eigenvalue weighted by atomic mass is 35.5. The normalized spacial score (nSPS) is 43.0. The number of likely N-dealkylation sites (tertiary alicyclic amines) is 6. The number of halogens is 3. The summed E-state index contributed by atoms with van der Waals surface area (Å²) in [5, 5.41) is 163. The van der Waals surface area contributed by atoms with Crippen LogP contribution in [0.5, 0.6) is 69.0 Å². The number of nitrogens with one attached hydrogen (secondary N) is 3. The Morgan fingerprint density at radius 2 is 0.594 bits per heavy atom. The lowest BCUT2D eigenvalue weighted by Crippen LogP contribution is -3.19. The zero-order chi connectivity index (χ0) is 94.3. The molecule has 24 aliphatic rings.